The molecule has 0 saturated carbocycles. The van der Waals surface area contributed by atoms with Crippen molar-refractivity contribution in [2.24, 2.45) is 5.92 Å². The first-order chi connectivity index (χ1) is 11.3. The first-order valence-corrected chi connectivity index (χ1v) is 8.28. The molecule has 0 aliphatic carbocycles. The Morgan fingerprint density at radius 1 is 0.783 bits per heavy atom. The molecule has 1 aliphatic heterocycles. The van der Waals surface area contributed by atoms with Gasteiger partial charge in [0.05, 0.1) is 0 Å². The molecule has 0 spiro atoms. The minimum absolute atomic E-state index is 0.188. The second-order valence-corrected chi connectivity index (χ2v) is 5.66. The molecular weight excluding hydrogens is 292 g/mol. The number of aryl methyl sites for hydroxylation is 1. The number of carbonyl (C=O) groups is 2. The molecule has 2 rings (SSSR count). The van der Waals surface area contributed by atoms with Gasteiger partial charge in [-0.15, -0.1) is 0 Å². The Kier molecular flexibility index (Phi) is 7.56. The van der Waals surface area contributed by atoms with Crippen molar-refractivity contribution in [3.8, 4) is 0 Å². The van der Waals surface area contributed by atoms with Crippen LogP contribution in [0.2, 0.25) is 0 Å². The Hall–Kier alpha value is -1.92. The van der Waals surface area contributed by atoms with E-state index in [1.807, 2.05) is 30.3 Å². The number of hydrogen-bond acceptors (Lipinski definition) is 4. The second kappa shape index (κ2) is 9.97. The van der Waals surface area contributed by atoms with Gasteiger partial charge in [0.25, 0.3) is 0 Å². The van der Waals surface area contributed by atoms with Crippen molar-refractivity contribution in [3.05, 3.63) is 35.9 Å². The van der Waals surface area contributed by atoms with E-state index in [9.17, 15) is 9.59 Å². The molecule has 6 heteroatoms. The van der Waals surface area contributed by atoms with E-state index in [0.29, 0.717) is 39.0 Å². The van der Waals surface area contributed by atoms with Crippen molar-refractivity contribution in [2.75, 3.05) is 39.3 Å². The molecule has 1 aromatic carbocycles. The summed E-state index contributed by atoms with van der Waals surface area (Å²) < 4.78 is 0. The van der Waals surface area contributed by atoms with Gasteiger partial charge in [0, 0.05) is 39.3 Å². The molecule has 0 atom stereocenters. The molecule has 0 radical (unpaired) electrons. The van der Waals surface area contributed by atoms with Gasteiger partial charge in [-0.1, -0.05) is 30.3 Å². The van der Waals surface area contributed by atoms with Gasteiger partial charge in [0.15, 0.2) is 0 Å². The average Bonchev–Trinajstić information content (AvgIpc) is 2.58. The Morgan fingerprint density at radius 3 is 1.87 bits per heavy atom. The lowest BCUT2D eigenvalue weighted by molar-refractivity contribution is -0.135. The van der Waals surface area contributed by atoms with Crippen LogP contribution >= 0.6 is 0 Å². The molecule has 23 heavy (non-hydrogen) atoms. The standard InChI is InChI=1S/C17H26N4O2/c22-16-15(7-6-14-4-2-1-3-5-14)17(23)21-13-11-19-9-8-18-10-12-20-16/h1-5,15,18-19H,6-13H2,(H,20,22)(H,21,23). The highest BCUT2D eigenvalue weighted by atomic mass is 16.2. The number of rotatable bonds is 3. The molecule has 1 saturated heterocycles. The van der Waals surface area contributed by atoms with E-state index in [2.05, 4.69) is 21.3 Å². The molecule has 1 aliphatic rings. The van der Waals surface area contributed by atoms with E-state index in [0.717, 1.165) is 18.7 Å². The maximum absolute atomic E-state index is 12.3. The predicted molar refractivity (Wildman–Crippen MR) is 90.0 cm³/mol. The fraction of sp³-hybridized carbons (Fsp3) is 0.529. The summed E-state index contributed by atoms with van der Waals surface area (Å²) in [4.78, 5) is 24.7. The van der Waals surface area contributed by atoms with Crippen molar-refractivity contribution in [1.82, 2.24) is 21.3 Å². The third kappa shape index (κ3) is 6.38. The van der Waals surface area contributed by atoms with Crippen LogP contribution in [0.1, 0.15) is 12.0 Å². The normalized spacial score (nSPS) is 19.0. The second-order valence-electron chi connectivity index (χ2n) is 5.66. The van der Waals surface area contributed by atoms with E-state index >= 15 is 0 Å². The zero-order chi connectivity index (χ0) is 16.3. The summed E-state index contributed by atoms with van der Waals surface area (Å²) in [6.45, 7) is 4.19. The van der Waals surface area contributed by atoms with Gasteiger partial charge >= 0.3 is 0 Å². The van der Waals surface area contributed by atoms with Crippen LogP contribution in [0.25, 0.3) is 0 Å². The van der Waals surface area contributed by atoms with Crippen LogP contribution < -0.4 is 21.3 Å². The third-order valence-corrected chi connectivity index (χ3v) is 3.88. The highest BCUT2D eigenvalue weighted by molar-refractivity contribution is 6.00. The van der Waals surface area contributed by atoms with Crippen molar-refractivity contribution < 1.29 is 9.59 Å². The maximum atomic E-state index is 12.3. The molecule has 126 valence electrons. The Morgan fingerprint density at radius 2 is 1.30 bits per heavy atom. The number of carbonyl (C=O) groups excluding carboxylic acids is 2. The quantitative estimate of drug-likeness (QED) is 0.575. The lowest BCUT2D eigenvalue weighted by Crippen LogP contribution is -2.44. The lowest BCUT2D eigenvalue weighted by atomic mass is 9.97. The lowest BCUT2D eigenvalue weighted by Gasteiger charge is -2.16. The van der Waals surface area contributed by atoms with Crippen LogP contribution in [0.15, 0.2) is 30.3 Å². The van der Waals surface area contributed by atoms with Gasteiger partial charge in [-0.3, -0.25) is 9.59 Å². The Balaban J connectivity index is 1.94. The van der Waals surface area contributed by atoms with Crippen LogP contribution in [0, 0.1) is 5.92 Å². The van der Waals surface area contributed by atoms with Gasteiger partial charge < -0.3 is 21.3 Å². The highest BCUT2D eigenvalue weighted by Crippen LogP contribution is 2.11. The molecule has 0 unspecified atom stereocenters. The highest BCUT2D eigenvalue weighted by Gasteiger charge is 2.25. The maximum Gasteiger partial charge on any atom is 0.232 e. The fourth-order valence-electron chi connectivity index (χ4n) is 2.56. The van der Waals surface area contributed by atoms with Crippen LogP contribution in [0.5, 0.6) is 0 Å². The zero-order valence-corrected chi connectivity index (χ0v) is 13.4. The summed E-state index contributed by atoms with van der Waals surface area (Å²) in [6.07, 6.45) is 1.23. The average molecular weight is 318 g/mol. The van der Waals surface area contributed by atoms with Crippen molar-refractivity contribution in [2.45, 2.75) is 12.8 Å². The zero-order valence-electron chi connectivity index (χ0n) is 13.4. The fourth-order valence-corrected chi connectivity index (χ4v) is 2.56. The Labute approximate surface area is 137 Å². The Bertz CT molecular complexity index is 469. The molecule has 1 aromatic rings. The first kappa shape index (κ1) is 17.4. The van der Waals surface area contributed by atoms with E-state index in [1.54, 1.807) is 0 Å². The van der Waals surface area contributed by atoms with Crippen molar-refractivity contribution in [3.63, 3.8) is 0 Å². The van der Waals surface area contributed by atoms with Crippen LogP contribution in [-0.2, 0) is 16.0 Å². The predicted octanol–water partition coefficient (Wildman–Crippen LogP) is -0.339. The summed E-state index contributed by atoms with van der Waals surface area (Å²) >= 11 is 0. The van der Waals surface area contributed by atoms with Gasteiger partial charge in [-0.25, -0.2) is 0 Å². The van der Waals surface area contributed by atoms with Crippen LogP contribution in [-0.4, -0.2) is 51.1 Å². The smallest absolute Gasteiger partial charge is 0.232 e. The van der Waals surface area contributed by atoms with E-state index < -0.39 is 5.92 Å². The summed E-state index contributed by atoms with van der Waals surface area (Å²) in [7, 11) is 0. The van der Waals surface area contributed by atoms with Gasteiger partial charge in [0.2, 0.25) is 11.8 Å². The molecule has 2 amide bonds. The number of hydrogen-bond donors (Lipinski definition) is 4. The third-order valence-electron chi connectivity index (χ3n) is 3.88. The molecule has 0 aromatic heterocycles. The minimum atomic E-state index is -0.643. The van der Waals surface area contributed by atoms with E-state index in [1.165, 1.54) is 0 Å². The number of amides is 2. The molecule has 1 heterocycles. The molecule has 1 fully saturated rings. The van der Waals surface area contributed by atoms with Gasteiger partial charge in [0.1, 0.15) is 5.92 Å². The van der Waals surface area contributed by atoms with Gasteiger partial charge in [-0.05, 0) is 18.4 Å². The molecular formula is C17H26N4O2. The molecule has 4 N–H and O–H groups in total. The summed E-state index contributed by atoms with van der Waals surface area (Å²) in [5.74, 6) is -1.02. The topological polar surface area (TPSA) is 82.3 Å². The molecule has 6 nitrogen and oxygen atoms in total. The minimum Gasteiger partial charge on any atom is -0.354 e. The first-order valence-electron chi connectivity index (χ1n) is 8.28. The number of nitrogens with one attached hydrogen (secondary N) is 4. The largest absolute Gasteiger partial charge is 0.354 e. The van der Waals surface area contributed by atoms with Gasteiger partial charge in [-0.2, -0.15) is 0 Å². The van der Waals surface area contributed by atoms with Crippen LogP contribution in [0.4, 0.5) is 0 Å². The monoisotopic (exact) mass is 318 g/mol. The van der Waals surface area contributed by atoms with Crippen molar-refractivity contribution in [1.29, 1.82) is 0 Å². The van der Waals surface area contributed by atoms with E-state index in [4.69, 9.17) is 0 Å². The summed E-state index contributed by atoms with van der Waals surface area (Å²) in [5.41, 5.74) is 1.14. The number of benzene rings is 1. The summed E-state index contributed by atoms with van der Waals surface area (Å²) in [6, 6.07) is 9.93. The summed E-state index contributed by atoms with van der Waals surface area (Å²) in [5, 5.41) is 12.2. The SMILES string of the molecule is O=C1NCCNCCNCCNC(=O)C1CCc1ccccc1. The van der Waals surface area contributed by atoms with Crippen LogP contribution in [0.3, 0.4) is 0 Å². The molecule has 0 bridgehead atoms. The van der Waals surface area contributed by atoms with Crippen molar-refractivity contribution >= 4 is 11.8 Å². The van der Waals surface area contributed by atoms with E-state index in [-0.39, 0.29) is 11.8 Å².